The van der Waals surface area contributed by atoms with Crippen molar-refractivity contribution in [2.75, 3.05) is 0 Å². The molecule has 2 aromatic carbocycles. The van der Waals surface area contributed by atoms with E-state index in [0.717, 1.165) is 5.56 Å². The second-order valence-electron chi connectivity index (χ2n) is 4.74. The number of benzene rings is 2. The Kier molecular flexibility index (Phi) is 4.28. The maximum Gasteiger partial charge on any atom is 0.336 e. The van der Waals surface area contributed by atoms with Gasteiger partial charge in [0.05, 0.1) is 12.0 Å². The normalized spacial score (nSPS) is 10.1. The Balaban J connectivity index is 2.25. The van der Waals surface area contributed by atoms with Crippen LogP contribution in [0, 0.1) is 6.92 Å². The minimum Gasteiger partial charge on any atom is -0.478 e. The molecule has 4 heteroatoms. The predicted molar refractivity (Wildman–Crippen MR) is 77.9 cm³/mol. The van der Waals surface area contributed by atoms with E-state index in [2.05, 4.69) is 0 Å². The Hall–Kier alpha value is -2.75. The first kappa shape index (κ1) is 14.7. The lowest BCUT2D eigenvalue weighted by Gasteiger charge is -2.06. The van der Waals surface area contributed by atoms with Crippen molar-refractivity contribution in [3.63, 3.8) is 0 Å². The number of carbonyl (C=O) groups is 3. The molecule has 0 radical (unpaired) electrons. The smallest absolute Gasteiger partial charge is 0.336 e. The van der Waals surface area contributed by atoms with Gasteiger partial charge in [0, 0.05) is 11.1 Å². The molecule has 0 aromatic heterocycles. The van der Waals surface area contributed by atoms with Gasteiger partial charge in [-0.1, -0.05) is 48.0 Å². The number of rotatable bonds is 5. The molecule has 0 aliphatic carbocycles. The van der Waals surface area contributed by atoms with E-state index in [4.69, 9.17) is 5.11 Å². The number of aromatic carboxylic acids is 1. The molecule has 1 N–H and O–H groups in total. The molecule has 0 spiro atoms. The highest BCUT2D eigenvalue weighted by atomic mass is 16.4. The zero-order valence-corrected chi connectivity index (χ0v) is 11.5. The lowest BCUT2D eigenvalue weighted by Crippen LogP contribution is -2.13. The highest BCUT2D eigenvalue weighted by molar-refractivity contribution is 6.16. The van der Waals surface area contributed by atoms with Crippen LogP contribution in [0.2, 0.25) is 0 Å². The second kappa shape index (κ2) is 6.13. The summed E-state index contributed by atoms with van der Waals surface area (Å²) in [6, 6.07) is 13.0. The molecule has 0 heterocycles. The summed E-state index contributed by atoms with van der Waals surface area (Å²) in [5, 5.41) is 9.15. The van der Waals surface area contributed by atoms with Crippen LogP contribution in [0.5, 0.6) is 0 Å². The average Bonchev–Trinajstić information content (AvgIpc) is 2.47. The van der Waals surface area contributed by atoms with E-state index >= 15 is 0 Å². The first-order valence-electron chi connectivity index (χ1n) is 6.44. The summed E-state index contributed by atoms with van der Waals surface area (Å²) in [4.78, 5) is 35.4. The fourth-order valence-electron chi connectivity index (χ4n) is 2.05. The lowest BCUT2D eigenvalue weighted by atomic mass is 9.96. The zero-order valence-electron chi connectivity index (χ0n) is 11.5. The van der Waals surface area contributed by atoms with Crippen molar-refractivity contribution < 1.29 is 19.5 Å². The Labute approximate surface area is 122 Å². The van der Waals surface area contributed by atoms with Crippen LogP contribution in [0.15, 0.2) is 48.5 Å². The van der Waals surface area contributed by atoms with Gasteiger partial charge in [-0.25, -0.2) is 4.79 Å². The first-order chi connectivity index (χ1) is 9.99. The van der Waals surface area contributed by atoms with Gasteiger partial charge in [0.1, 0.15) is 0 Å². The molecule has 0 saturated carbocycles. The van der Waals surface area contributed by atoms with Crippen LogP contribution in [0.3, 0.4) is 0 Å². The number of carboxylic acids is 1. The predicted octanol–water partition coefficient (Wildman–Crippen LogP) is 3.15. The summed E-state index contributed by atoms with van der Waals surface area (Å²) < 4.78 is 0. The average molecular weight is 282 g/mol. The molecular weight excluding hydrogens is 268 g/mol. The molecule has 106 valence electrons. The third-order valence-corrected chi connectivity index (χ3v) is 3.12. The topological polar surface area (TPSA) is 71.4 Å². The summed E-state index contributed by atoms with van der Waals surface area (Å²) in [7, 11) is 0. The molecule has 0 bridgehead atoms. The summed E-state index contributed by atoms with van der Waals surface area (Å²) in [6.07, 6.45) is -0.340. The van der Waals surface area contributed by atoms with Crippen LogP contribution in [0.1, 0.15) is 43.1 Å². The van der Waals surface area contributed by atoms with E-state index in [9.17, 15) is 14.4 Å². The third kappa shape index (κ3) is 3.42. The fourth-order valence-corrected chi connectivity index (χ4v) is 2.05. The monoisotopic (exact) mass is 282 g/mol. The van der Waals surface area contributed by atoms with Crippen molar-refractivity contribution in [2.45, 2.75) is 13.3 Å². The van der Waals surface area contributed by atoms with Crippen LogP contribution in [0.25, 0.3) is 0 Å². The molecule has 0 saturated heterocycles. The van der Waals surface area contributed by atoms with Gasteiger partial charge in [-0.2, -0.15) is 0 Å². The van der Waals surface area contributed by atoms with Crippen molar-refractivity contribution in [1.82, 2.24) is 0 Å². The lowest BCUT2D eigenvalue weighted by molar-refractivity contribution is 0.0690. The molecule has 0 fully saturated rings. The summed E-state index contributed by atoms with van der Waals surface area (Å²) in [5.41, 5.74) is 1.19. The number of aryl methyl sites for hydroxylation is 1. The maximum absolute atomic E-state index is 12.2. The molecule has 0 unspecified atom stereocenters. The Morgan fingerprint density at radius 3 is 2.19 bits per heavy atom. The number of carbonyl (C=O) groups excluding carboxylic acids is 2. The van der Waals surface area contributed by atoms with E-state index in [1.807, 2.05) is 0 Å². The van der Waals surface area contributed by atoms with E-state index in [1.54, 1.807) is 43.3 Å². The van der Waals surface area contributed by atoms with Gasteiger partial charge in [0.2, 0.25) is 0 Å². The molecule has 0 aliphatic heterocycles. The van der Waals surface area contributed by atoms with E-state index in [-0.39, 0.29) is 23.3 Å². The largest absolute Gasteiger partial charge is 0.478 e. The van der Waals surface area contributed by atoms with Gasteiger partial charge < -0.3 is 5.11 Å². The van der Waals surface area contributed by atoms with Crippen molar-refractivity contribution in [3.05, 3.63) is 70.8 Å². The molecular formula is C17H14O4. The Morgan fingerprint density at radius 2 is 1.57 bits per heavy atom. The first-order valence-corrected chi connectivity index (χ1v) is 6.44. The Morgan fingerprint density at radius 1 is 0.905 bits per heavy atom. The number of Topliss-reactive ketones (excluding diaryl/α,β-unsaturated/α-hetero) is 2. The molecule has 4 nitrogen and oxygen atoms in total. The third-order valence-electron chi connectivity index (χ3n) is 3.12. The van der Waals surface area contributed by atoms with Crippen LogP contribution in [0.4, 0.5) is 0 Å². The van der Waals surface area contributed by atoms with Crippen LogP contribution < -0.4 is 0 Å². The van der Waals surface area contributed by atoms with Crippen molar-refractivity contribution in [3.8, 4) is 0 Å². The highest BCUT2D eigenvalue weighted by Crippen LogP contribution is 2.15. The number of hydrogen-bond acceptors (Lipinski definition) is 3. The highest BCUT2D eigenvalue weighted by Gasteiger charge is 2.19. The number of hydrogen-bond donors (Lipinski definition) is 1. The quantitative estimate of drug-likeness (QED) is 0.675. The summed E-state index contributed by atoms with van der Waals surface area (Å²) in [6.45, 7) is 1.75. The fraction of sp³-hybridized carbons (Fsp3) is 0.118. The molecule has 2 rings (SSSR count). The SMILES string of the molecule is Cc1ccc(C(=O)CC(=O)c2ccccc2)c(C(=O)O)c1. The minimum atomic E-state index is -1.17. The van der Waals surface area contributed by atoms with Gasteiger partial charge in [0.25, 0.3) is 0 Å². The molecule has 0 amide bonds. The molecule has 21 heavy (non-hydrogen) atoms. The molecule has 0 aliphatic rings. The summed E-state index contributed by atoms with van der Waals surface area (Å²) in [5.74, 6) is -1.98. The summed E-state index contributed by atoms with van der Waals surface area (Å²) >= 11 is 0. The van der Waals surface area contributed by atoms with Gasteiger partial charge >= 0.3 is 5.97 Å². The second-order valence-corrected chi connectivity index (χ2v) is 4.74. The van der Waals surface area contributed by atoms with Crippen LogP contribution in [-0.4, -0.2) is 22.6 Å². The molecule has 2 aromatic rings. The van der Waals surface area contributed by atoms with E-state index in [0.29, 0.717) is 5.56 Å². The van der Waals surface area contributed by atoms with Gasteiger partial charge in [-0.3, -0.25) is 9.59 Å². The van der Waals surface area contributed by atoms with E-state index in [1.165, 1.54) is 12.1 Å². The van der Waals surface area contributed by atoms with E-state index < -0.39 is 11.8 Å². The zero-order chi connectivity index (χ0) is 15.4. The number of ketones is 2. The molecule has 0 atom stereocenters. The van der Waals surface area contributed by atoms with Crippen molar-refractivity contribution in [1.29, 1.82) is 0 Å². The van der Waals surface area contributed by atoms with Gasteiger partial charge in [-0.15, -0.1) is 0 Å². The van der Waals surface area contributed by atoms with Crippen molar-refractivity contribution in [2.24, 2.45) is 0 Å². The van der Waals surface area contributed by atoms with Gasteiger partial charge in [0.15, 0.2) is 11.6 Å². The Bertz CT molecular complexity index is 702. The van der Waals surface area contributed by atoms with Crippen LogP contribution in [-0.2, 0) is 0 Å². The standard InChI is InChI=1S/C17H14O4/c1-11-7-8-13(14(9-11)17(20)21)16(19)10-15(18)12-5-3-2-4-6-12/h2-9H,10H2,1H3,(H,20,21). The minimum absolute atomic E-state index is 0.0670. The van der Waals surface area contributed by atoms with Crippen molar-refractivity contribution >= 4 is 17.5 Å². The maximum atomic E-state index is 12.2. The van der Waals surface area contributed by atoms with Gasteiger partial charge in [-0.05, 0) is 13.0 Å². The van der Waals surface area contributed by atoms with Crippen LogP contribution >= 0.6 is 0 Å². The number of carboxylic acid groups (broad SMARTS) is 1.